The maximum absolute atomic E-state index is 12.3. The normalized spacial score (nSPS) is 14.0. The van der Waals surface area contributed by atoms with E-state index >= 15 is 0 Å². The van der Waals surface area contributed by atoms with Crippen molar-refractivity contribution in [2.24, 2.45) is 0 Å². The van der Waals surface area contributed by atoms with Gasteiger partial charge < -0.3 is 9.78 Å². The number of carbonyl (C=O) groups is 1. The number of carbonyl (C=O) groups excluding carboxylic acids is 1. The maximum Gasteiger partial charge on any atom is 0.165 e. The molecule has 26 heavy (non-hydrogen) atoms. The van der Waals surface area contributed by atoms with Crippen LogP contribution in [0.3, 0.4) is 0 Å². The minimum Gasteiger partial charge on any atom is -0.340 e. The Morgan fingerprint density at radius 2 is 1.65 bits per heavy atom. The topological polar surface area (TPSA) is 45.8 Å². The lowest BCUT2D eigenvalue weighted by Gasteiger charge is -2.25. The van der Waals surface area contributed by atoms with E-state index in [1.165, 1.54) is 28.5 Å². The summed E-state index contributed by atoms with van der Waals surface area (Å²) in [6.07, 6.45) is 8.97. The molecule has 0 saturated carbocycles. The average Bonchev–Trinajstić information content (AvgIpc) is 3.30. The van der Waals surface area contributed by atoms with Crippen molar-refractivity contribution < 1.29 is 4.79 Å². The number of aldehydes is 1. The molecule has 1 heterocycles. The molecule has 0 saturated heterocycles. The average molecular weight is 362 g/mol. The molecule has 0 unspecified atom stereocenters. The van der Waals surface area contributed by atoms with Gasteiger partial charge in [0.2, 0.25) is 0 Å². The van der Waals surface area contributed by atoms with E-state index in [1.54, 1.807) is 18.0 Å². The number of nitrogens with one attached hydrogen (secondary N) is 1. The van der Waals surface area contributed by atoms with E-state index in [0.29, 0.717) is 0 Å². The van der Waals surface area contributed by atoms with Crippen molar-refractivity contribution in [1.29, 1.82) is 0 Å². The Kier molecular flexibility index (Phi) is 4.93. The third kappa shape index (κ3) is 2.99. The molecular formula is C22H22N2OS. The van der Waals surface area contributed by atoms with E-state index in [9.17, 15) is 4.79 Å². The van der Waals surface area contributed by atoms with Gasteiger partial charge >= 0.3 is 0 Å². The van der Waals surface area contributed by atoms with E-state index in [4.69, 9.17) is 0 Å². The molecule has 3 aromatic rings. The lowest BCUT2D eigenvalue weighted by atomic mass is 9.75. The summed E-state index contributed by atoms with van der Waals surface area (Å²) in [5.74, 6) is 1.05. The Bertz CT molecular complexity index is 843. The fourth-order valence-electron chi connectivity index (χ4n) is 4.00. The number of unbranched alkanes of at least 4 members (excludes halogenated alkanes) is 2. The van der Waals surface area contributed by atoms with E-state index in [1.807, 2.05) is 18.3 Å². The number of aromatic amines is 1. The van der Waals surface area contributed by atoms with Crippen molar-refractivity contribution in [2.45, 2.75) is 36.3 Å². The fourth-order valence-corrected chi connectivity index (χ4v) is 4.82. The van der Waals surface area contributed by atoms with Gasteiger partial charge in [-0.15, -0.1) is 0 Å². The molecule has 0 spiro atoms. The highest BCUT2D eigenvalue weighted by Gasteiger charge is 2.42. The summed E-state index contributed by atoms with van der Waals surface area (Å²) < 4.78 is 0. The first-order valence-electron chi connectivity index (χ1n) is 9.13. The third-order valence-corrected chi connectivity index (χ3v) is 6.22. The molecule has 1 aliphatic carbocycles. The van der Waals surface area contributed by atoms with Gasteiger partial charge in [-0.2, -0.15) is 0 Å². The van der Waals surface area contributed by atoms with Crippen LogP contribution in [0, 0.1) is 0 Å². The van der Waals surface area contributed by atoms with Crippen LogP contribution >= 0.6 is 11.8 Å². The predicted molar refractivity (Wildman–Crippen MR) is 107 cm³/mol. The third-order valence-electron chi connectivity index (χ3n) is 5.23. The highest BCUT2D eigenvalue weighted by molar-refractivity contribution is 7.99. The number of benzene rings is 2. The molecule has 2 aromatic carbocycles. The number of thioether (sulfide) groups is 1. The van der Waals surface area contributed by atoms with Crippen molar-refractivity contribution in [3.63, 3.8) is 0 Å². The van der Waals surface area contributed by atoms with Crippen molar-refractivity contribution in [3.8, 4) is 11.1 Å². The molecule has 0 fully saturated rings. The van der Waals surface area contributed by atoms with Gasteiger partial charge in [0.15, 0.2) is 5.16 Å². The zero-order valence-electron chi connectivity index (χ0n) is 14.7. The van der Waals surface area contributed by atoms with E-state index in [2.05, 4.69) is 46.4 Å². The lowest BCUT2D eigenvalue weighted by Crippen LogP contribution is -2.27. The molecule has 3 nitrogen and oxygen atoms in total. The van der Waals surface area contributed by atoms with Crippen LogP contribution in [0.25, 0.3) is 11.1 Å². The van der Waals surface area contributed by atoms with Gasteiger partial charge in [0.1, 0.15) is 6.29 Å². The number of imidazole rings is 1. The summed E-state index contributed by atoms with van der Waals surface area (Å²) in [5.41, 5.74) is 4.27. The Balaban J connectivity index is 1.45. The van der Waals surface area contributed by atoms with Gasteiger partial charge in [-0.25, -0.2) is 4.98 Å². The van der Waals surface area contributed by atoms with Crippen LogP contribution in [0.1, 0.15) is 36.8 Å². The second-order valence-corrected chi connectivity index (χ2v) is 7.82. The van der Waals surface area contributed by atoms with Crippen molar-refractivity contribution in [1.82, 2.24) is 9.97 Å². The van der Waals surface area contributed by atoms with E-state index < -0.39 is 5.41 Å². The van der Waals surface area contributed by atoms with Gasteiger partial charge in [0.05, 0.1) is 5.41 Å². The molecular weight excluding hydrogens is 340 g/mol. The maximum atomic E-state index is 12.3. The first-order chi connectivity index (χ1) is 12.8. The number of H-pyrrole nitrogens is 1. The zero-order valence-corrected chi connectivity index (χ0v) is 15.5. The number of rotatable bonds is 8. The first-order valence-corrected chi connectivity index (χ1v) is 10.1. The largest absolute Gasteiger partial charge is 0.340 e. The van der Waals surface area contributed by atoms with Gasteiger partial charge in [0, 0.05) is 18.1 Å². The van der Waals surface area contributed by atoms with Crippen molar-refractivity contribution >= 4 is 18.0 Å². The Labute approximate surface area is 158 Å². The Hall–Kier alpha value is -2.33. The molecule has 0 bridgehead atoms. The fraction of sp³-hybridized carbons (Fsp3) is 0.273. The van der Waals surface area contributed by atoms with Crippen LogP contribution < -0.4 is 0 Å². The summed E-state index contributed by atoms with van der Waals surface area (Å²) in [7, 11) is 0. The van der Waals surface area contributed by atoms with E-state index in [-0.39, 0.29) is 0 Å². The molecule has 0 radical (unpaired) electrons. The van der Waals surface area contributed by atoms with Crippen molar-refractivity contribution in [2.75, 3.05) is 5.75 Å². The number of fused-ring (bicyclic) bond motifs is 3. The van der Waals surface area contributed by atoms with Crippen LogP contribution in [-0.4, -0.2) is 22.0 Å². The van der Waals surface area contributed by atoms with Gasteiger partial charge in [-0.05, 0) is 35.1 Å². The zero-order chi connectivity index (χ0) is 17.8. The lowest BCUT2D eigenvalue weighted by molar-refractivity contribution is -0.111. The second kappa shape index (κ2) is 7.50. The minimum absolute atomic E-state index is 0.485. The molecule has 4 rings (SSSR count). The number of nitrogens with zero attached hydrogens (tertiary/aromatic N) is 1. The SMILES string of the molecule is O=CC1(CCCCCSc2ncc[nH]2)c2ccccc2-c2ccccc21. The van der Waals surface area contributed by atoms with Crippen LogP contribution in [-0.2, 0) is 10.2 Å². The molecule has 0 aliphatic heterocycles. The number of hydrogen-bond acceptors (Lipinski definition) is 3. The van der Waals surface area contributed by atoms with Crippen LogP contribution in [0.5, 0.6) is 0 Å². The smallest absolute Gasteiger partial charge is 0.165 e. The number of hydrogen-bond donors (Lipinski definition) is 1. The summed E-state index contributed by atoms with van der Waals surface area (Å²) >= 11 is 1.76. The predicted octanol–water partition coefficient (Wildman–Crippen LogP) is 5.23. The quantitative estimate of drug-likeness (QED) is 0.339. The monoisotopic (exact) mass is 362 g/mol. The van der Waals surface area contributed by atoms with Gasteiger partial charge in [-0.1, -0.05) is 73.1 Å². The second-order valence-electron chi connectivity index (χ2n) is 6.73. The molecule has 0 amide bonds. The standard InChI is InChI=1S/C22H22N2OS/c25-16-22(12-6-1-7-15-26-21-23-13-14-24-21)19-10-4-2-8-17(19)18-9-3-5-11-20(18)22/h2-5,8-11,13-14,16H,1,6-7,12,15H2,(H,23,24). The summed E-state index contributed by atoms with van der Waals surface area (Å²) in [6, 6.07) is 16.7. The Morgan fingerprint density at radius 1 is 0.962 bits per heavy atom. The summed E-state index contributed by atoms with van der Waals surface area (Å²) in [5, 5.41) is 0.980. The first kappa shape index (κ1) is 17.1. The van der Waals surface area contributed by atoms with Gasteiger partial charge in [-0.3, -0.25) is 0 Å². The van der Waals surface area contributed by atoms with Crippen molar-refractivity contribution in [3.05, 3.63) is 72.1 Å². The van der Waals surface area contributed by atoms with E-state index in [0.717, 1.165) is 36.6 Å². The van der Waals surface area contributed by atoms with Gasteiger partial charge in [0.25, 0.3) is 0 Å². The van der Waals surface area contributed by atoms with Crippen LogP contribution in [0.4, 0.5) is 0 Å². The molecule has 4 heteroatoms. The minimum atomic E-state index is -0.485. The Morgan fingerprint density at radius 3 is 2.27 bits per heavy atom. The molecule has 1 aromatic heterocycles. The molecule has 1 aliphatic rings. The highest BCUT2D eigenvalue weighted by Crippen LogP contribution is 2.50. The van der Waals surface area contributed by atoms with Crippen LogP contribution in [0.2, 0.25) is 0 Å². The molecule has 1 N–H and O–H groups in total. The molecule has 132 valence electrons. The molecule has 0 atom stereocenters. The highest BCUT2D eigenvalue weighted by atomic mass is 32.2. The summed E-state index contributed by atoms with van der Waals surface area (Å²) in [4.78, 5) is 19.7. The van der Waals surface area contributed by atoms with Crippen LogP contribution in [0.15, 0.2) is 66.1 Å². The summed E-state index contributed by atoms with van der Waals surface area (Å²) in [6.45, 7) is 0. The number of aromatic nitrogens is 2.